The lowest BCUT2D eigenvalue weighted by atomic mass is 10.2. The van der Waals surface area contributed by atoms with Crippen LogP contribution in [0, 0.1) is 6.92 Å². The van der Waals surface area contributed by atoms with E-state index in [1.54, 1.807) is 24.6 Å². The molecule has 3 N–H and O–H groups in total. The number of pyridine rings is 1. The van der Waals surface area contributed by atoms with E-state index < -0.39 is 10.0 Å². The third-order valence-corrected chi connectivity index (χ3v) is 3.59. The summed E-state index contributed by atoms with van der Waals surface area (Å²) >= 11 is 0. The van der Waals surface area contributed by atoms with Crippen LogP contribution in [0.5, 0.6) is 0 Å². The van der Waals surface area contributed by atoms with Gasteiger partial charge in [0.1, 0.15) is 5.82 Å². The van der Waals surface area contributed by atoms with Crippen LogP contribution < -0.4 is 10.5 Å². The zero-order valence-electron chi connectivity index (χ0n) is 9.95. The first-order valence-electron chi connectivity index (χ1n) is 5.11. The van der Waals surface area contributed by atoms with E-state index in [1.807, 2.05) is 0 Å². The predicted octanol–water partition coefficient (Wildman–Crippen LogP) is 0.507. The second-order valence-corrected chi connectivity index (χ2v) is 5.54. The summed E-state index contributed by atoms with van der Waals surface area (Å²) in [7, 11) is -2.02. The van der Waals surface area contributed by atoms with Crippen molar-refractivity contribution in [1.82, 2.24) is 14.5 Å². The SMILES string of the molecule is Cc1cc(NS(=O)(=O)c2cn(C)cn2)ncc1N. The van der Waals surface area contributed by atoms with Crippen LogP contribution in [0.1, 0.15) is 5.56 Å². The van der Waals surface area contributed by atoms with Gasteiger partial charge in [-0.3, -0.25) is 4.72 Å². The molecule has 0 amide bonds. The van der Waals surface area contributed by atoms with Crippen molar-refractivity contribution in [1.29, 1.82) is 0 Å². The Kier molecular flexibility index (Phi) is 2.95. The summed E-state index contributed by atoms with van der Waals surface area (Å²) in [4.78, 5) is 7.69. The maximum atomic E-state index is 12.0. The maximum Gasteiger partial charge on any atom is 0.282 e. The number of imidazole rings is 1. The Bertz CT molecular complexity index is 677. The normalized spacial score (nSPS) is 11.4. The largest absolute Gasteiger partial charge is 0.397 e. The predicted molar refractivity (Wildman–Crippen MR) is 67.4 cm³/mol. The Morgan fingerprint density at radius 3 is 2.67 bits per heavy atom. The third kappa shape index (κ3) is 2.43. The van der Waals surface area contributed by atoms with Crippen LogP contribution in [0.3, 0.4) is 0 Å². The average Bonchev–Trinajstić information content (AvgIpc) is 2.71. The summed E-state index contributed by atoms with van der Waals surface area (Å²) in [6, 6.07) is 1.57. The molecule has 0 bridgehead atoms. The van der Waals surface area contributed by atoms with Crippen LogP contribution in [0.15, 0.2) is 29.8 Å². The van der Waals surface area contributed by atoms with Crippen LogP contribution in [-0.4, -0.2) is 23.0 Å². The summed E-state index contributed by atoms with van der Waals surface area (Å²) < 4.78 is 27.8. The minimum absolute atomic E-state index is 0.0544. The molecular formula is C10H13N5O2S. The zero-order valence-corrected chi connectivity index (χ0v) is 10.8. The Morgan fingerprint density at radius 2 is 2.11 bits per heavy atom. The minimum atomic E-state index is -3.71. The van der Waals surface area contributed by atoms with E-state index in [4.69, 9.17) is 5.73 Å². The molecule has 18 heavy (non-hydrogen) atoms. The second kappa shape index (κ2) is 4.30. The van der Waals surface area contributed by atoms with Gasteiger partial charge in [0.2, 0.25) is 0 Å². The number of aromatic nitrogens is 3. The van der Waals surface area contributed by atoms with Crippen molar-refractivity contribution in [3.05, 3.63) is 30.4 Å². The molecule has 0 saturated carbocycles. The van der Waals surface area contributed by atoms with Crippen molar-refractivity contribution >= 4 is 21.5 Å². The highest BCUT2D eigenvalue weighted by molar-refractivity contribution is 7.92. The molecule has 0 saturated heterocycles. The molecule has 0 aliphatic carbocycles. The summed E-state index contributed by atoms with van der Waals surface area (Å²) in [6.45, 7) is 1.77. The number of rotatable bonds is 3. The lowest BCUT2D eigenvalue weighted by Gasteiger charge is -2.06. The maximum absolute atomic E-state index is 12.0. The van der Waals surface area contributed by atoms with Crippen LogP contribution >= 0.6 is 0 Å². The summed E-state index contributed by atoms with van der Waals surface area (Å²) in [5.41, 5.74) is 6.87. The molecule has 0 aromatic carbocycles. The van der Waals surface area contributed by atoms with Gasteiger partial charge in [-0.15, -0.1) is 0 Å². The number of nitrogens with one attached hydrogen (secondary N) is 1. The van der Waals surface area contributed by atoms with Crippen molar-refractivity contribution in [2.45, 2.75) is 11.9 Å². The molecular weight excluding hydrogens is 254 g/mol. The van der Waals surface area contributed by atoms with E-state index in [2.05, 4.69) is 14.7 Å². The molecule has 0 unspecified atom stereocenters. The molecule has 2 aromatic heterocycles. The molecule has 0 fully saturated rings. The molecule has 0 aliphatic rings. The van der Waals surface area contributed by atoms with Gasteiger partial charge in [0, 0.05) is 13.2 Å². The molecule has 2 aromatic rings. The Hall–Kier alpha value is -2.09. The Morgan fingerprint density at radius 1 is 1.39 bits per heavy atom. The standard InChI is InChI=1S/C10H13N5O2S/c1-7-3-9(12-4-8(7)11)14-18(16,17)10-5-15(2)6-13-10/h3-6H,11H2,1-2H3,(H,12,14). The molecule has 0 atom stereocenters. The van der Waals surface area contributed by atoms with Crippen molar-refractivity contribution in [2.75, 3.05) is 10.5 Å². The summed E-state index contributed by atoms with van der Waals surface area (Å²) in [5, 5.41) is -0.0544. The van der Waals surface area contributed by atoms with Gasteiger partial charge in [-0.2, -0.15) is 8.42 Å². The average molecular weight is 267 g/mol. The number of nitrogens with two attached hydrogens (primary N) is 1. The Balaban J connectivity index is 2.30. The molecule has 8 heteroatoms. The molecule has 0 radical (unpaired) electrons. The van der Waals surface area contributed by atoms with E-state index in [-0.39, 0.29) is 10.8 Å². The van der Waals surface area contributed by atoms with Gasteiger partial charge in [0.15, 0.2) is 5.03 Å². The van der Waals surface area contributed by atoms with Gasteiger partial charge in [0.25, 0.3) is 10.0 Å². The van der Waals surface area contributed by atoms with E-state index >= 15 is 0 Å². The van der Waals surface area contributed by atoms with Crippen LogP contribution in [0.2, 0.25) is 0 Å². The lowest BCUT2D eigenvalue weighted by Crippen LogP contribution is -2.14. The molecule has 7 nitrogen and oxygen atoms in total. The van der Waals surface area contributed by atoms with E-state index in [0.717, 1.165) is 5.56 Å². The summed E-state index contributed by atoms with van der Waals surface area (Å²) in [5.74, 6) is 0.215. The van der Waals surface area contributed by atoms with Gasteiger partial charge in [-0.1, -0.05) is 0 Å². The molecule has 96 valence electrons. The van der Waals surface area contributed by atoms with Crippen LogP contribution in [-0.2, 0) is 17.1 Å². The van der Waals surface area contributed by atoms with Crippen molar-refractivity contribution in [3.8, 4) is 0 Å². The number of nitrogen functional groups attached to an aromatic ring is 1. The van der Waals surface area contributed by atoms with Crippen LogP contribution in [0.25, 0.3) is 0 Å². The molecule has 0 spiro atoms. The monoisotopic (exact) mass is 267 g/mol. The molecule has 2 heterocycles. The second-order valence-electron chi connectivity index (χ2n) is 3.91. The van der Waals surface area contributed by atoms with E-state index in [9.17, 15) is 8.42 Å². The number of hydrogen-bond acceptors (Lipinski definition) is 5. The van der Waals surface area contributed by atoms with Crippen molar-refractivity contribution in [3.63, 3.8) is 0 Å². The van der Waals surface area contributed by atoms with Crippen molar-refractivity contribution < 1.29 is 8.42 Å². The van der Waals surface area contributed by atoms with Gasteiger partial charge in [-0.25, -0.2) is 9.97 Å². The summed E-state index contributed by atoms with van der Waals surface area (Å²) in [6.07, 6.45) is 4.23. The number of hydrogen-bond donors (Lipinski definition) is 2. The highest BCUT2D eigenvalue weighted by atomic mass is 32.2. The fourth-order valence-electron chi connectivity index (χ4n) is 1.34. The lowest BCUT2D eigenvalue weighted by molar-refractivity contribution is 0.598. The Labute approximate surface area is 105 Å². The first-order chi connectivity index (χ1) is 8.38. The first-order valence-corrected chi connectivity index (χ1v) is 6.60. The number of anilines is 2. The number of nitrogens with zero attached hydrogens (tertiary/aromatic N) is 3. The van der Waals surface area contributed by atoms with Gasteiger partial charge in [-0.05, 0) is 18.6 Å². The first kappa shape index (κ1) is 12.4. The topological polar surface area (TPSA) is 103 Å². The fourth-order valence-corrected chi connectivity index (χ4v) is 2.32. The zero-order chi connectivity index (χ0) is 13.3. The minimum Gasteiger partial charge on any atom is -0.397 e. The van der Waals surface area contributed by atoms with Gasteiger partial charge >= 0.3 is 0 Å². The third-order valence-electron chi connectivity index (χ3n) is 2.35. The molecule has 2 rings (SSSR count). The fraction of sp³-hybridized carbons (Fsp3) is 0.200. The smallest absolute Gasteiger partial charge is 0.282 e. The highest BCUT2D eigenvalue weighted by Crippen LogP contribution is 2.16. The molecule has 0 aliphatic heterocycles. The quantitative estimate of drug-likeness (QED) is 0.843. The van der Waals surface area contributed by atoms with Crippen molar-refractivity contribution in [2.24, 2.45) is 7.05 Å². The van der Waals surface area contributed by atoms with Gasteiger partial charge < -0.3 is 10.3 Å². The number of aryl methyl sites for hydroxylation is 2. The van der Waals surface area contributed by atoms with E-state index in [1.165, 1.54) is 18.7 Å². The number of sulfonamides is 1. The van der Waals surface area contributed by atoms with Crippen LogP contribution in [0.4, 0.5) is 11.5 Å². The highest BCUT2D eigenvalue weighted by Gasteiger charge is 2.17. The van der Waals surface area contributed by atoms with E-state index in [0.29, 0.717) is 5.69 Å². The van der Waals surface area contributed by atoms with Gasteiger partial charge in [0.05, 0.1) is 18.2 Å².